The highest BCUT2D eigenvalue weighted by Crippen LogP contribution is 2.35. The molecule has 0 radical (unpaired) electrons. The van der Waals surface area contributed by atoms with Crippen LogP contribution in [0.3, 0.4) is 0 Å². The van der Waals surface area contributed by atoms with E-state index in [2.05, 4.69) is 13.2 Å². The van der Waals surface area contributed by atoms with Gasteiger partial charge in [0.25, 0.3) is 0 Å². The summed E-state index contributed by atoms with van der Waals surface area (Å²) in [6.45, 7) is 8.92. The number of carbonyl (C=O) groups is 1. The van der Waals surface area contributed by atoms with E-state index in [4.69, 9.17) is 19.0 Å². The first-order valence-corrected chi connectivity index (χ1v) is 12.2. The Morgan fingerprint density at radius 2 is 1.67 bits per heavy atom. The number of carbonyl (C=O) groups excluding carboxylic acids is 1. The van der Waals surface area contributed by atoms with Crippen LogP contribution in [0.15, 0.2) is 73.8 Å². The summed E-state index contributed by atoms with van der Waals surface area (Å²) in [4.78, 5) is 19.0. The Kier molecular flexibility index (Phi) is 10.3. The van der Waals surface area contributed by atoms with Gasteiger partial charge >= 0.3 is 0 Å². The molecule has 0 bridgehead atoms. The van der Waals surface area contributed by atoms with Crippen molar-refractivity contribution in [2.24, 2.45) is 0 Å². The van der Waals surface area contributed by atoms with Crippen LogP contribution in [0.2, 0.25) is 0 Å². The Bertz CT molecular complexity index is 990. The third-order valence-electron chi connectivity index (χ3n) is 6.50. The molecule has 194 valence electrons. The zero-order valence-electron chi connectivity index (χ0n) is 21.2. The summed E-state index contributed by atoms with van der Waals surface area (Å²) in [5.74, 6) is 1.16. The van der Waals surface area contributed by atoms with Gasteiger partial charge in [-0.1, -0.05) is 36.9 Å². The van der Waals surface area contributed by atoms with Crippen LogP contribution in [0, 0.1) is 0 Å². The SMILES string of the molecule is C=CC(=O)[C@]1(O)C[C@H](C=C)ON(Cc2ccc(OC)cc2)[C@@H]1CCCCOCc1ccc(OC)cc1. The first kappa shape index (κ1) is 27.6. The van der Waals surface area contributed by atoms with E-state index in [1.165, 1.54) is 6.08 Å². The van der Waals surface area contributed by atoms with Crippen molar-refractivity contribution in [3.8, 4) is 11.5 Å². The normalized spacial score (nSPS) is 22.1. The molecule has 7 nitrogen and oxygen atoms in total. The molecule has 0 spiro atoms. The maximum absolute atomic E-state index is 12.8. The minimum Gasteiger partial charge on any atom is -0.497 e. The summed E-state index contributed by atoms with van der Waals surface area (Å²) in [5.41, 5.74) is 0.431. The average molecular weight is 496 g/mol. The molecule has 0 amide bonds. The van der Waals surface area contributed by atoms with Gasteiger partial charge in [0.1, 0.15) is 23.2 Å². The maximum Gasteiger partial charge on any atom is 0.188 e. The first-order valence-electron chi connectivity index (χ1n) is 12.2. The summed E-state index contributed by atoms with van der Waals surface area (Å²) in [6.07, 6.45) is 4.56. The van der Waals surface area contributed by atoms with Crippen molar-refractivity contribution in [2.45, 2.75) is 56.6 Å². The molecule has 3 rings (SSSR count). The van der Waals surface area contributed by atoms with Crippen LogP contribution in [0.4, 0.5) is 0 Å². The number of rotatable bonds is 14. The predicted molar refractivity (Wildman–Crippen MR) is 139 cm³/mol. The summed E-state index contributed by atoms with van der Waals surface area (Å²) >= 11 is 0. The fourth-order valence-corrected chi connectivity index (χ4v) is 4.43. The summed E-state index contributed by atoms with van der Waals surface area (Å²) in [5, 5.41) is 13.3. The van der Waals surface area contributed by atoms with Crippen LogP contribution in [-0.2, 0) is 27.5 Å². The lowest BCUT2D eigenvalue weighted by Crippen LogP contribution is -2.62. The molecule has 0 aliphatic carbocycles. The minimum absolute atomic E-state index is 0.138. The molecule has 7 heteroatoms. The Balaban J connectivity index is 1.63. The van der Waals surface area contributed by atoms with Crippen molar-refractivity contribution >= 4 is 5.78 Å². The van der Waals surface area contributed by atoms with Gasteiger partial charge in [-0.25, -0.2) is 0 Å². The molecule has 1 N–H and O–H groups in total. The van der Waals surface area contributed by atoms with E-state index in [0.29, 0.717) is 26.2 Å². The van der Waals surface area contributed by atoms with E-state index in [1.54, 1.807) is 25.4 Å². The number of nitrogens with zero attached hydrogens (tertiary/aromatic N) is 1. The highest BCUT2D eigenvalue weighted by atomic mass is 16.7. The lowest BCUT2D eigenvalue weighted by molar-refractivity contribution is -0.288. The molecule has 0 aromatic heterocycles. The van der Waals surface area contributed by atoms with Crippen LogP contribution in [0.5, 0.6) is 11.5 Å². The van der Waals surface area contributed by atoms with E-state index in [0.717, 1.165) is 35.5 Å². The lowest BCUT2D eigenvalue weighted by Gasteiger charge is -2.47. The van der Waals surface area contributed by atoms with Gasteiger partial charge in [-0.3, -0.25) is 9.63 Å². The number of methoxy groups -OCH3 is 2. The van der Waals surface area contributed by atoms with E-state index < -0.39 is 23.5 Å². The lowest BCUT2D eigenvalue weighted by atomic mass is 9.80. The maximum atomic E-state index is 12.8. The van der Waals surface area contributed by atoms with E-state index in [9.17, 15) is 9.90 Å². The van der Waals surface area contributed by atoms with Gasteiger partial charge in [-0.15, -0.1) is 6.58 Å². The molecule has 0 saturated carbocycles. The van der Waals surface area contributed by atoms with Gasteiger partial charge < -0.3 is 19.3 Å². The minimum atomic E-state index is -1.62. The number of ether oxygens (including phenoxy) is 3. The number of ketones is 1. The summed E-state index contributed by atoms with van der Waals surface area (Å²) in [6, 6.07) is 14.9. The Labute approximate surface area is 213 Å². The van der Waals surface area contributed by atoms with Gasteiger partial charge in [0.15, 0.2) is 5.78 Å². The standard InChI is InChI=1S/C29H37NO6/c1-5-24-19-29(32,28(31)6-2)27(30(36-24)20-22-10-14-25(33-3)15-11-22)9-7-8-18-35-21-23-12-16-26(34-4)17-13-23/h5-6,10-17,24,27,32H,1-2,7-9,18-21H2,3-4H3/t24-,27+,29-/m0/s1. The molecule has 1 saturated heterocycles. The average Bonchev–Trinajstić information content (AvgIpc) is 2.91. The van der Waals surface area contributed by atoms with Crippen molar-refractivity contribution in [1.82, 2.24) is 5.06 Å². The van der Waals surface area contributed by atoms with Crippen molar-refractivity contribution in [3.05, 3.63) is 85.0 Å². The summed E-state index contributed by atoms with van der Waals surface area (Å²) < 4.78 is 16.3. The van der Waals surface area contributed by atoms with Gasteiger partial charge in [0.2, 0.25) is 0 Å². The zero-order valence-corrected chi connectivity index (χ0v) is 21.2. The molecule has 2 aromatic carbocycles. The second-order valence-electron chi connectivity index (χ2n) is 8.91. The fraction of sp³-hybridized carbons (Fsp3) is 0.414. The van der Waals surface area contributed by atoms with Crippen LogP contribution < -0.4 is 9.47 Å². The van der Waals surface area contributed by atoms with Crippen LogP contribution in [-0.4, -0.2) is 54.5 Å². The molecule has 0 unspecified atom stereocenters. The third kappa shape index (κ3) is 7.04. The summed E-state index contributed by atoms with van der Waals surface area (Å²) in [7, 11) is 3.26. The van der Waals surface area contributed by atoms with E-state index in [1.807, 2.05) is 48.5 Å². The predicted octanol–water partition coefficient (Wildman–Crippen LogP) is 4.64. The molecule has 36 heavy (non-hydrogen) atoms. The molecule has 3 atom stereocenters. The topological polar surface area (TPSA) is 77.5 Å². The van der Waals surface area contributed by atoms with Crippen molar-refractivity contribution in [1.29, 1.82) is 0 Å². The van der Waals surface area contributed by atoms with Crippen LogP contribution >= 0.6 is 0 Å². The van der Waals surface area contributed by atoms with Crippen LogP contribution in [0.25, 0.3) is 0 Å². The molecular formula is C29H37NO6. The molecule has 1 aliphatic rings. The Morgan fingerprint density at radius 3 is 2.22 bits per heavy atom. The zero-order chi connectivity index (χ0) is 26.0. The van der Waals surface area contributed by atoms with E-state index in [-0.39, 0.29) is 6.42 Å². The van der Waals surface area contributed by atoms with Gasteiger partial charge in [-0.2, -0.15) is 5.06 Å². The third-order valence-corrected chi connectivity index (χ3v) is 6.50. The fourth-order valence-electron chi connectivity index (χ4n) is 4.43. The number of aliphatic hydroxyl groups is 1. The second-order valence-corrected chi connectivity index (χ2v) is 8.91. The first-order chi connectivity index (χ1) is 17.4. The van der Waals surface area contributed by atoms with Crippen molar-refractivity contribution in [2.75, 3.05) is 20.8 Å². The highest BCUT2D eigenvalue weighted by molar-refractivity contribution is 5.97. The molecule has 1 fully saturated rings. The molecule has 1 aliphatic heterocycles. The quantitative estimate of drug-likeness (QED) is 0.232. The van der Waals surface area contributed by atoms with Crippen molar-refractivity contribution < 1.29 is 28.9 Å². The van der Waals surface area contributed by atoms with Crippen molar-refractivity contribution in [3.63, 3.8) is 0 Å². The molecule has 2 aromatic rings. The number of benzene rings is 2. The van der Waals surface area contributed by atoms with Crippen LogP contribution in [0.1, 0.15) is 36.8 Å². The molecule has 1 heterocycles. The Hall–Kier alpha value is -2.97. The molecular weight excluding hydrogens is 458 g/mol. The largest absolute Gasteiger partial charge is 0.497 e. The smallest absolute Gasteiger partial charge is 0.188 e. The number of hydrogen-bond acceptors (Lipinski definition) is 7. The number of hydrogen-bond donors (Lipinski definition) is 1. The van der Waals surface area contributed by atoms with E-state index >= 15 is 0 Å². The monoisotopic (exact) mass is 495 g/mol. The van der Waals surface area contributed by atoms with Gasteiger partial charge in [0, 0.05) is 19.6 Å². The Morgan fingerprint density at radius 1 is 1.06 bits per heavy atom. The van der Waals surface area contributed by atoms with Gasteiger partial charge in [0.05, 0.1) is 26.9 Å². The number of unbranched alkanes of at least 4 members (excludes halogenated alkanes) is 1. The second kappa shape index (κ2) is 13.4. The highest BCUT2D eigenvalue weighted by Gasteiger charge is 2.50. The number of hydroxylamine groups is 2. The van der Waals surface area contributed by atoms with Gasteiger partial charge in [-0.05, 0) is 60.7 Å².